The summed E-state index contributed by atoms with van der Waals surface area (Å²) in [7, 11) is 1.24. The van der Waals surface area contributed by atoms with Gasteiger partial charge >= 0.3 is 5.97 Å². The molecular weight excluding hydrogens is 444 g/mol. The van der Waals surface area contributed by atoms with Crippen LogP contribution in [0.4, 0.5) is 5.69 Å². The Hall–Kier alpha value is -2.68. The number of thiocarbonyl (C=S) groups is 1. The minimum absolute atomic E-state index is 0.217. The summed E-state index contributed by atoms with van der Waals surface area (Å²) in [6.45, 7) is 0.0429. The normalized spacial score (nSPS) is 18.3. The van der Waals surface area contributed by atoms with Crippen molar-refractivity contribution in [2.45, 2.75) is 6.54 Å². The summed E-state index contributed by atoms with van der Waals surface area (Å²) in [6, 6.07) is 14.5. The highest BCUT2D eigenvalue weighted by atomic mass is 35.5. The first kappa shape index (κ1) is 20.6. The van der Waals surface area contributed by atoms with Crippen LogP contribution in [-0.2, 0) is 25.7 Å². The maximum absolute atomic E-state index is 13.4. The van der Waals surface area contributed by atoms with E-state index in [1.165, 1.54) is 7.11 Å². The third-order valence-electron chi connectivity index (χ3n) is 4.77. The van der Waals surface area contributed by atoms with Gasteiger partial charge in [-0.3, -0.25) is 19.3 Å². The number of hydrogen-bond acceptors (Lipinski definition) is 6. The van der Waals surface area contributed by atoms with Gasteiger partial charge in [0.1, 0.15) is 10.9 Å². The van der Waals surface area contributed by atoms with Crippen LogP contribution in [0.2, 0.25) is 5.02 Å². The van der Waals surface area contributed by atoms with E-state index >= 15 is 0 Å². The first-order valence-electron chi connectivity index (χ1n) is 8.91. The Kier molecular flexibility index (Phi) is 5.64. The highest BCUT2D eigenvalue weighted by Gasteiger charge is 2.42. The van der Waals surface area contributed by atoms with Gasteiger partial charge in [-0.1, -0.05) is 65.9 Å². The molecule has 1 fully saturated rings. The average Bonchev–Trinajstić information content (AvgIpc) is 3.17. The molecule has 0 atom stereocenters. The zero-order valence-corrected chi connectivity index (χ0v) is 18.1. The lowest BCUT2D eigenvalue weighted by atomic mass is 10.1. The second-order valence-electron chi connectivity index (χ2n) is 6.57. The van der Waals surface area contributed by atoms with Crippen LogP contribution >= 0.6 is 35.6 Å². The molecule has 2 aliphatic rings. The van der Waals surface area contributed by atoms with Crippen molar-refractivity contribution in [1.82, 2.24) is 4.90 Å². The summed E-state index contributed by atoms with van der Waals surface area (Å²) in [6.07, 6.45) is 0. The number of ether oxygens (including phenoxy) is 1. The zero-order valence-electron chi connectivity index (χ0n) is 15.8. The number of fused-ring (bicyclic) bond motifs is 1. The van der Waals surface area contributed by atoms with Crippen LogP contribution in [0, 0.1) is 0 Å². The predicted molar refractivity (Wildman–Crippen MR) is 120 cm³/mol. The monoisotopic (exact) mass is 458 g/mol. The molecule has 9 heteroatoms. The van der Waals surface area contributed by atoms with Crippen molar-refractivity contribution < 1.29 is 19.1 Å². The Morgan fingerprint density at radius 2 is 1.77 bits per heavy atom. The molecule has 0 unspecified atom stereocenters. The highest BCUT2D eigenvalue weighted by molar-refractivity contribution is 8.26. The fourth-order valence-electron chi connectivity index (χ4n) is 3.31. The number of halogens is 1. The quantitative estimate of drug-likeness (QED) is 0.396. The molecule has 0 spiro atoms. The lowest BCUT2D eigenvalue weighted by molar-refractivity contribution is -0.143. The molecule has 0 bridgehead atoms. The molecule has 2 aliphatic heterocycles. The third kappa shape index (κ3) is 3.62. The van der Waals surface area contributed by atoms with Gasteiger partial charge in [0.15, 0.2) is 0 Å². The largest absolute Gasteiger partial charge is 0.468 e. The Morgan fingerprint density at radius 3 is 2.47 bits per heavy atom. The van der Waals surface area contributed by atoms with Crippen molar-refractivity contribution in [2.75, 3.05) is 18.6 Å². The number of carbonyl (C=O) groups excluding carboxylic acids is 3. The van der Waals surface area contributed by atoms with Crippen LogP contribution in [-0.4, -0.2) is 40.7 Å². The van der Waals surface area contributed by atoms with Crippen LogP contribution in [0.15, 0.2) is 53.4 Å². The van der Waals surface area contributed by atoms with E-state index in [-0.39, 0.29) is 21.7 Å². The topological polar surface area (TPSA) is 66.9 Å². The average molecular weight is 459 g/mol. The first-order chi connectivity index (χ1) is 14.4. The Balaban J connectivity index is 1.73. The molecule has 2 aromatic rings. The maximum Gasteiger partial charge on any atom is 0.325 e. The van der Waals surface area contributed by atoms with Crippen molar-refractivity contribution in [1.29, 1.82) is 0 Å². The van der Waals surface area contributed by atoms with Gasteiger partial charge < -0.3 is 9.64 Å². The van der Waals surface area contributed by atoms with Crippen LogP contribution in [0.25, 0.3) is 5.57 Å². The summed E-state index contributed by atoms with van der Waals surface area (Å²) in [4.78, 5) is 41.0. The smallest absolute Gasteiger partial charge is 0.325 e. The number of anilines is 1. The number of rotatable bonds is 4. The molecule has 2 aromatic carbocycles. The fourth-order valence-corrected chi connectivity index (χ4v) is 4.76. The van der Waals surface area contributed by atoms with Crippen molar-refractivity contribution >= 4 is 68.9 Å². The van der Waals surface area contributed by atoms with Crippen LogP contribution in [0.1, 0.15) is 11.1 Å². The molecule has 0 aromatic heterocycles. The van der Waals surface area contributed by atoms with E-state index in [0.29, 0.717) is 28.4 Å². The molecule has 2 heterocycles. The molecular formula is C21H15ClN2O4S2. The first-order valence-corrected chi connectivity index (χ1v) is 10.5. The molecule has 0 radical (unpaired) electrons. The number of nitrogens with zero attached hydrogens (tertiary/aromatic N) is 2. The number of benzene rings is 2. The van der Waals surface area contributed by atoms with E-state index in [9.17, 15) is 14.4 Å². The molecule has 30 heavy (non-hydrogen) atoms. The second-order valence-corrected chi connectivity index (χ2v) is 8.66. The number of hydrogen-bond donors (Lipinski definition) is 0. The number of carbonyl (C=O) groups is 3. The Bertz CT molecular complexity index is 1110. The van der Waals surface area contributed by atoms with E-state index < -0.39 is 11.9 Å². The van der Waals surface area contributed by atoms with Gasteiger partial charge in [-0.15, -0.1) is 0 Å². The van der Waals surface area contributed by atoms with Crippen molar-refractivity contribution in [3.63, 3.8) is 0 Å². The van der Waals surface area contributed by atoms with Gasteiger partial charge in [-0.2, -0.15) is 0 Å². The van der Waals surface area contributed by atoms with E-state index in [1.54, 1.807) is 23.1 Å². The zero-order chi connectivity index (χ0) is 21.4. The minimum Gasteiger partial charge on any atom is -0.468 e. The van der Waals surface area contributed by atoms with Crippen molar-refractivity contribution in [2.24, 2.45) is 0 Å². The molecule has 0 saturated carbocycles. The summed E-state index contributed by atoms with van der Waals surface area (Å²) >= 11 is 12.3. The minimum atomic E-state index is -0.583. The van der Waals surface area contributed by atoms with Crippen LogP contribution < -0.4 is 4.90 Å². The van der Waals surface area contributed by atoms with Gasteiger partial charge in [0.05, 0.1) is 29.8 Å². The van der Waals surface area contributed by atoms with Crippen molar-refractivity contribution in [3.8, 4) is 0 Å². The fraction of sp³-hybridized carbons (Fsp3) is 0.143. The van der Waals surface area contributed by atoms with Crippen LogP contribution in [0.5, 0.6) is 0 Å². The van der Waals surface area contributed by atoms with Gasteiger partial charge in [0.25, 0.3) is 11.8 Å². The summed E-state index contributed by atoms with van der Waals surface area (Å²) in [5, 5.41) is 0.613. The van der Waals surface area contributed by atoms with E-state index in [2.05, 4.69) is 4.74 Å². The molecule has 6 nitrogen and oxygen atoms in total. The number of para-hydroxylation sites is 1. The summed E-state index contributed by atoms with van der Waals surface area (Å²) in [5.41, 5.74) is 2.58. The van der Waals surface area contributed by atoms with Gasteiger partial charge in [0, 0.05) is 10.6 Å². The SMILES string of the molecule is COC(=O)CN1C(=O)/C(=C2/C(=O)N(Cc3ccc(Cl)cc3)c3ccccc32)SC1=S. The molecule has 0 aliphatic carbocycles. The number of amides is 2. The van der Waals surface area contributed by atoms with E-state index in [0.717, 1.165) is 22.2 Å². The second kappa shape index (κ2) is 8.22. The molecule has 152 valence electrons. The lowest BCUT2D eigenvalue weighted by Crippen LogP contribution is -2.34. The maximum atomic E-state index is 13.4. The standard InChI is InChI=1S/C21H15ClN2O4S2/c1-28-16(25)11-24-20(27)18(30-21(24)29)17-14-4-2-3-5-15(14)23(19(17)26)10-12-6-8-13(22)9-7-12/h2-9H,10-11H2,1H3/b18-17-. The summed E-state index contributed by atoms with van der Waals surface area (Å²) in [5.74, 6) is -1.34. The summed E-state index contributed by atoms with van der Waals surface area (Å²) < 4.78 is 4.85. The Labute approximate surface area is 187 Å². The lowest BCUT2D eigenvalue weighted by Gasteiger charge is -2.17. The molecule has 1 saturated heterocycles. The third-order valence-corrected chi connectivity index (χ3v) is 6.47. The Morgan fingerprint density at radius 1 is 1.07 bits per heavy atom. The van der Waals surface area contributed by atoms with Gasteiger partial charge in [-0.05, 0) is 23.8 Å². The van der Waals surface area contributed by atoms with Crippen LogP contribution in [0.3, 0.4) is 0 Å². The number of methoxy groups -OCH3 is 1. The van der Waals surface area contributed by atoms with E-state index in [4.69, 9.17) is 23.8 Å². The molecule has 2 amide bonds. The van der Waals surface area contributed by atoms with Gasteiger partial charge in [-0.25, -0.2) is 0 Å². The highest BCUT2D eigenvalue weighted by Crippen LogP contribution is 2.44. The van der Waals surface area contributed by atoms with Crippen molar-refractivity contribution in [3.05, 3.63) is 69.6 Å². The number of thioether (sulfide) groups is 1. The van der Waals surface area contributed by atoms with E-state index in [1.807, 2.05) is 30.3 Å². The molecule has 4 rings (SSSR count). The molecule has 0 N–H and O–H groups in total. The number of esters is 1. The predicted octanol–water partition coefficient (Wildman–Crippen LogP) is 3.63. The van der Waals surface area contributed by atoms with Gasteiger partial charge in [0.2, 0.25) is 0 Å².